The summed E-state index contributed by atoms with van der Waals surface area (Å²) in [6, 6.07) is 1.98. The summed E-state index contributed by atoms with van der Waals surface area (Å²) in [5.41, 5.74) is 1.96. The Morgan fingerprint density at radius 3 is 2.79 bits per heavy atom. The Kier molecular flexibility index (Phi) is 4.49. The summed E-state index contributed by atoms with van der Waals surface area (Å²) < 4.78 is 1.95. The van der Waals surface area contributed by atoms with Crippen LogP contribution in [0.3, 0.4) is 0 Å². The quantitative estimate of drug-likeness (QED) is 0.866. The van der Waals surface area contributed by atoms with Gasteiger partial charge in [0.05, 0.1) is 11.9 Å². The predicted molar refractivity (Wildman–Crippen MR) is 77.1 cm³/mol. The van der Waals surface area contributed by atoms with E-state index in [-0.39, 0.29) is 0 Å². The van der Waals surface area contributed by atoms with Crippen molar-refractivity contribution < 1.29 is 0 Å². The summed E-state index contributed by atoms with van der Waals surface area (Å²) in [4.78, 5) is 8.87. The Balaban J connectivity index is 2.24. The standard InChI is InChI=1S/C14H21N5/c1-4-6-15-14-8-13(17-11(3)18-14)12-9-16-19(10-12)7-5-2/h8-10H,4-7H2,1-3H3,(H,15,17,18). The highest BCUT2D eigenvalue weighted by molar-refractivity contribution is 5.60. The summed E-state index contributed by atoms with van der Waals surface area (Å²) in [7, 11) is 0. The predicted octanol–water partition coefficient (Wildman–Crippen LogP) is 2.88. The molecule has 2 aromatic rings. The largest absolute Gasteiger partial charge is 0.370 e. The topological polar surface area (TPSA) is 55.6 Å². The van der Waals surface area contributed by atoms with Gasteiger partial charge in [-0.2, -0.15) is 5.10 Å². The summed E-state index contributed by atoms with van der Waals surface area (Å²) in [5.74, 6) is 1.66. The van der Waals surface area contributed by atoms with E-state index in [1.807, 2.05) is 30.1 Å². The van der Waals surface area contributed by atoms with Crippen LogP contribution in [0.4, 0.5) is 5.82 Å². The average molecular weight is 259 g/mol. The number of nitrogens with one attached hydrogen (secondary N) is 1. The van der Waals surface area contributed by atoms with Crippen LogP contribution in [0.2, 0.25) is 0 Å². The third-order valence-corrected chi connectivity index (χ3v) is 2.78. The molecule has 0 amide bonds. The van der Waals surface area contributed by atoms with Crippen molar-refractivity contribution in [2.24, 2.45) is 0 Å². The molecule has 5 heteroatoms. The third kappa shape index (κ3) is 3.53. The molecule has 0 fully saturated rings. The molecule has 5 nitrogen and oxygen atoms in total. The molecule has 0 unspecified atom stereocenters. The molecule has 0 bridgehead atoms. The van der Waals surface area contributed by atoms with Gasteiger partial charge in [-0.1, -0.05) is 13.8 Å². The van der Waals surface area contributed by atoms with Crippen LogP contribution >= 0.6 is 0 Å². The molecular formula is C14H21N5. The highest BCUT2D eigenvalue weighted by atomic mass is 15.3. The van der Waals surface area contributed by atoms with Crippen LogP contribution in [-0.2, 0) is 6.54 Å². The molecule has 0 radical (unpaired) electrons. The van der Waals surface area contributed by atoms with Crippen LogP contribution in [0, 0.1) is 6.92 Å². The molecule has 1 N–H and O–H groups in total. The molecular weight excluding hydrogens is 238 g/mol. The van der Waals surface area contributed by atoms with Crippen molar-refractivity contribution in [3.05, 3.63) is 24.3 Å². The van der Waals surface area contributed by atoms with Gasteiger partial charge < -0.3 is 5.32 Å². The van der Waals surface area contributed by atoms with E-state index in [1.54, 1.807) is 0 Å². The highest BCUT2D eigenvalue weighted by Crippen LogP contribution is 2.19. The van der Waals surface area contributed by atoms with Crippen molar-refractivity contribution in [1.82, 2.24) is 19.7 Å². The highest BCUT2D eigenvalue weighted by Gasteiger charge is 2.06. The molecule has 0 saturated carbocycles. The Bertz CT molecular complexity index is 532. The van der Waals surface area contributed by atoms with Crippen LogP contribution in [0.1, 0.15) is 32.5 Å². The second-order valence-electron chi connectivity index (χ2n) is 4.60. The molecule has 2 heterocycles. The smallest absolute Gasteiger partial charge is 0.130 e. The van der Waals surface area contributed by atoms with Gasteiger partial charge in [0, 0.05) is 30.9 Å². The first-order chi connectivity index (χ1) is 9.22. The molecule has 0 aliphatic carbocycles. The number of rotatable bonds is 6. The summed E-state index contributed by atoms with van der Waals surface area (Å²) >= 11 is 0. The third-order valence-electron chi connectivity index (χ3n) is 2.78. The minimum atomic E-state index is 0.777. The first kappa shape index (κ1) is 13.5. The lowest BCUT2D eigenvalue weighted by Gasteiger charge is -2.06. The van der Waals surface area contributed by atoms with Gasteiger partial charge in [0.15, 0.2) is 0 Å². The van der Waals surface area contributed by atoms with E-state index in [9.17, 15) is 0 Å². The van der Waals surface area contributed by atoms with Crippen LogP contribution in [0.15, 0.2) is 18.5 Å². The van der Waals surface area contributed by atoms with Gasteiger partial charge in [0.25, 0.3) is 0 Å². The molecule has 0 aliphatic heterocycles. The lowest BCUT2D eigenvalue weighted by atomic mass is 10.2. The first-order valence-corrected chi connectivity index (χ1v) is 6.85. The number of anilines is 1. The van der Waals surface area contributed by atoms with Gasteiger partial charge >= 0.3 is 0 Å². The van der Waals surface area contributed by atoms with Crippen molar-refractivity contribution >= 4 is 5.82 Å². The molecule has 2 aromatic heterocycles. The first-order valence-electron chi connectivity index (χ1n) is 6.85. The fourth-order valence-electron chi connectivity index (χ4n) is 1.91. The molecule has 0 atom stereocenters. The Morgan fingerprint density at radius 1 is 1.21 bits per heavy atom. The second-order valence-corrected chi connectivity index (χ2v) is 4.60. The SMILES string of the molecule is CCCNc1cc(-c2cnn(CCC)c2)nc(C)n1. The fourth-order valence-corrected chi connectivity index (χ4v) is 1.91. The number of nitrogens with zero attached hydrogens (tertiary/aromatic N) is 4. The Morgan fingerprint density at radius 2 is 2.05 bits per heavy atom. The average Bonchev–Trinajstić information content (AvgIpc) is 2.85. The van der Waals surface area contributed by atoms with Gasteiger partial charge in [-0.25, -0.2) is 9.97 Å². The van der Waals surface area contributed by atoms with E-state index in [2.05, 4.69) is 34.2 Å². The fraction of sp³-hybridized carbons (Fsp3) is 0.500. The van der Waals surface area contributed by atoms with Crippen molar-refractivity contribution in [1.29, 1.82) is 0 Å². The summed E-state index contributed by atoms with van der Waals surface area (Å²) in [6.07, 6.45) is 6.05. The molecule has 19 heavy (non-hydrogen) atoms. The maximum atomic E-state index is 4.48. The van der Waals surface area contributed by atoms with E-state index < -0.39 is 0 Å². The number of aromatic nitrogens is 4. The van der Waals surface area contributed by atoms with E-state index in [0.717, 1.165) is 48.8 Å². The molecule has 0 spiro atoms. The van der Waals surface area contributed by atoms with Crippen LogP contribution in [0.5, 0.6) is 0 Å². The van der Waals surface area contributed by atoms with Crippen molar-refractivity contribution in [2.75, 3.05) is 11.9 Å². The Labute approximate surface area is 114 Å². The number of hydrogen-bond acceptors (Lipinski definition) is 4. The lowest BCUT2D eigenvalue weighted by Crippen LogP contribution is -2.04. The van der Waals surface area contributed by atoms with Crippen molar-refractivity contribution in [2.45, 2.75) is 40.2 Å². The lowest BCUT2D eigenvalue weighted by molar-refractivity contribution is 0.603. The summed E-state index contributed by atoms with van der Waals surface area (Å²) in [6.45, 7) is 8.05. The molecule has 0 aliphatic rings. The van der Waals surface area contributed by atoms with Crippen molar-refractivity contribution in [3.8, 4) is 11.3 Å². The van der Waals surface area contributed by atoms with Gasteiger partial charge in [-0.3, -0.25) is 4.68 Å². The molecule has 102 valence electrons. The summed E-state index contributed by atoms with van der Waals surface area (Å²) in [5, 5.41) is 7.64. The zero-order valence-corrected chi connectivity index (χ0v) is 11.8. The van der Waals surface area contributed by atoms with E-state index >= 15 is 0 Å². The van der Waals surface area contributed by atoms with Crippen LogP contribution < -0.4 is 5.32 Å². The van der Waals surface area contributed by atoms with Gasteiger partial charge in [0.2, 0.25) is 0 Å². The van der Waals surface area contributed by atoms with Gasteiger partial charge in [-0.15, -0.1) is 0 Å². The van der Waals surface area contributed by atoms with Crippen molar-refractivity contribution in [3.63, 3.8) is 0 Å². The maximum absolute atomic E-state index is 4.48. The minimum Gasteiger partial charge on any atom is -0.370 e. The molecule has 0 saturated heterocycles. The van der Waals surface area contributed by atoms with Crippen LogP contribution in [-0.4, -0.2) is 26.3 Å². The number of hydrogen-bond donors (Lipinski definition) is 1. The van der Waals surface area contributed by atoms with Gasteiger partial charge in [0.1, 0.15) is 11.6 Å². The molecule has 0 aromatic carbocycles. The van der Waals surface area contributed by atoms with E-state index in [4.69, 9.17) is 0 Å². The van der Waals surface area contributed by atoms with E-state index in [0.29, 0.717) is 0 Å². The van der Waals surface area contributed by atoms with Crippen LogP contribution in [0.25, 0.3) is 11.3 Å². The number of aryl methyl sites for hydroxylation is 2. The maximum Gasteiger partial charge on any atom is 0.130 e. The minimum absolute atomic E-state index is 0.777. The second kappa shape index (κ2) is 6.31. The zero-order valence-electron chi connectivity index (χ0n) is 11.8. The normalized spacial score (nSPS) is 10.7. The molecule has 2 rings (SSSR count). The monoisotopic (exact) mass is 259 g/mol. The Hall–Kier alpha value is -1.91. The zero-order chi connectivity index (χ0) is 13.7. The van der Waals surface area contributed by atoms with E-state index in [1.165, 1.54) is 0 Å². The van der Waals surface area contributed by atoms with Gasteiger partial charge in [-0.05, 0) is 19.8 Å².